The maximum atomic E-state index is 15.5. The molecule has 2 aromatic rings. The number of ether oxygens (including phenoxy) is 2. The summed E-state index contributed by atoms with van der Waals surface area (Å²) in [5.74, 6) is -4.40. The molecule has 0 bridgehead atoms. The molecule has 2 unspecified atom stereocenters. The third-order valence-corrected chi connectivity index (χ3v) is 12.6. The standard InChI is InChI=1S/C25H26ClF2NO7S2/c26-15-3-5-16(6-4-15)38(33,34)25-10-12-35-20(9-13-37(31,32)21-2-1-11-29-24(21)30)17(25)14-36-23-19(28)8-7-18(27)22(23)25/h3-8,17,20-21H,1-2,9-14H2,(H,29,30)/t17?,20-,21?,25-/m0/s1. The zero-order valence-corrected chi connectivity index (χ0v) is 22.6. The van der Waals surface area contributed by atoms with Crippen molar-refractivity contribution < 1.29 is 39.9 Å². The molecule has 13 heteroatoms. The number of carbonyl (C=O) groups is 1. The Morgan fingerprint density at radius 3 is 2.47 bits per heavy atom. The Kier molecular flexibility index (Phi) is 7.21. The van der Waals surface area contributed by atoms with Gasteiger partial charge in [-0.15, -0.1) is 0 Å². The van der Waals surface area contributed by atoms with Gasteiger partial charge in [0.1, 0.15) is 15.8 Å². The van der Waals surface area contributed by atoms with E-state index >= 15 is 4.39 Å². The van der Waals surface area contributed by atoms with E-state index in [9.17, 15) is 26.0 Å². The van der Waals surface area contributed by atoms with E-state index in [-0.39, 0.29) is 37.4 Å². The molecule has 0 spiro atoms. The minimum atomic E-state index is -4.41. The maximum Gasteiger partial charge on any atom is 0.238 e. The first kappa shape index (κ1) is 27.3. The summed E-state index contributed by atoms with van der Waals surface area (Å²) >= 11 is 5.96. The third-order valence-electron chi connectivity index (χ3n) is 7.70. The molecule has 2 saturated heterocycles. The Morgan fingerprint density at radius 2 is 1.76 bits per heavy atom. The number of halogens is 3. The third kappa shape index (κ3) is 4.39. The number of hydrogen-bond acceptors (Lipinski definition) is 7. The first-order chi connectivity index (χ1) is 18.0. The van der Waals surface area contributed by atoms with Gasteiger partial charge in [0.2, 0.25) is 5.91 Å². The molecule has 8 nitrogen and oxygen atoms in total. The van der Waals surface area contributed by atoms with Gasteiger partial charge in [-0.05, 0) is 62.1 Å². The van der Waals surface area contributed by atoms with Gasteiger partial charge in [0.05, 0.1) is 28.9 Å². The highest BCUT2D eigenvalue weighted by molar-refractivity contribution is 7.93. The highest BCUT2D eigenvalue weighted by atomic mass is 35.5. The molecule has 2 fully saturated rings. The SMILES string of the molecule is O=C1NCCCC1S(=O)(=O)CC[C@@H]1OCC[C@@]2(S(=O)(=O)c3ccc(Cl)cc3)c3c(F)ccc(F)c3OCC12. The van der Waals surface area contributed by atoms with Crippen LogP contribution in [0.4, 0.5) is 8.78 Å². The lowest BCUT2D eigenvalue weighted by molar-refractivity contribution is -0.121. The van der Waals surface area contributed by atoms with E-state index in [2.05, 4.69) is 5.32 Å². The second kappa shape index (κ2) is 10.0. The average Bonchev–Trinajstić information content (AvgIpc) is 2.89. The summed E-state index contributed by atoms with van der Waals surface area (Å²) in [6, 6.07) is 7.10. The lowest BCUT2D eigenvalue weighted by Gasteiger charge is -2.50. The summed E-state index contributed by atoms with van der Waals surface area (Å²) in [7, 11) is -8.30. The summed E-state index contributed by atoms with van der Waals surface area (Å²) in [6.45, 7) is -0.0786. The van der Waals surface area contributed by atoms with Gasteiger partial charge < -0.3 is 14.8 Å². The van der Waals surface area contributed by atoms with Crippen LogP contribution in [0.5, 0.6) is 5.75 Å². The molecule has 2 aromatic carbocycles. The van der Waals surface area contributed by atoms with Gasteiger partial charge in [0.25, 0.3) is 0 Å². The monoisotopic (exact) mass is 589 g/mol. The average molecular weight is 590 g/mol. The largest absolute Gasteiger partial charge is 0.490 e. The zero-order valence-electron chi connectivity index (χ0n) is 20.2. The highest BCUT2D eigenvalue weighted by Crippen LogP contribution is 2.56. The summed E-state index contributed by atoms with van der Waals surface area (Å²) in [5, 5.41) is 1.66. The minimum Gasteiger partial charge on any atom is -0.490 e. The molecule has 0 aliphatic carbocycles. The van der Waals surface area contributed by atoms with Gasteiger partial charge >= 0.3 is 0 Å². The van der Waals surface area contributed by atoms with Crippen molar-refractivity contribution in [3.63, 3.8) is 0 Å². The van der Waals surface area contributed by atoms with Crippen LogP contribution >= 0.6 is 11.6 Å². The fourth-order valence-electron chi connectivity index (χ4n) is 5.84. The molecular formula is C25H26ClF2NO7S2. The Bertz CT molecular complexity index is 1470. The highest BCUT2D eigenvalue weighted by Gasteiger charge is 2.61. The maximum absolute atomic E-state index is 15.5. The van der Waals surface area contributed by atoms with Gasteiger partial charge in [0.15, 0.2) is 31.2 Å². The fraction of sp³-hybridized carbons (Fsp3) is 0.480. The Balaban J connectivity index is 1.58. The lowest BCUT2D eigenvalue weighted by Crippen LogP contribution is -2.58. The fourth-order valence-corrected chi connectivity index (χ4v) is 10.1. The van der Waals surface area contributed by atoms with Gasteiger partial charge in [-0.3, -0.25) is 4.79 Å². The molecule has 3 aliphatic rings. The second-order valence-corrected chi connectivity index (χ2v) is 14.7. The quantitative estimate of drug-likeness (QED) is 0.550. The van der Waals surface area contributed by atoms with Crippen molar-refractivity contribution in [3.8, 4) is 5.75 Å². The van der Waals surface area contributed by atoms with Gasteiger partial charge in [-0.25, -0.2) is 25.6 Å². The molecule has 0 radical (unpaired) electrons. The van der Waals surface area contributed by atoms with Crippen LogP contribution in [0.15, 0.2) is 41.3 Å². The van der Waals surface area contributed by atoms with Gasteiger partial charge in [-0.1, -0.05) is 11.6 Å². The minimum absolute atomic E-state index is 0.143. The smallest absolute Gasteiger partial charge is 0.238 e. The van der Waals surface area contributed by atoms with Crippen LogP contribution in [0, 0.1) is 17.6 Å². The van der Waals surface area contributed by atoms with Crippen LogP contribution in [-0.4, -0.2) is 59.6 Å². The first-order valence-corrected chi connectivity index (χ1v) is 15.8. The normalized spacial score (nSPS) is 27.6. The van der Waals surface area contributed by atoms with Crippen molar-refractivity contribution in [1.29, 1.82) is 0 Å². The van der Waals surface area contributed by atoms with Crippen LogP contribution in [0.25, 0.3) is 0 Å². The predicted octanol–water partition coefficient (Wildman–Crippen LogP) is 3.17. The van der Waals surface area contributed by atoms with Crippen molar-refractivity contribution >= 4 is 37.2 Å². The van der Waals surface area contributed by atoms with E-state index in [4.69, 9.17) is 21.1 Å². The number of carbonyl (C=O) groups excluding carboxylic acids is 1. The molecule has 0 saturated carbocycles. The number of hydrogen-bond donors (Lipinski definition) is 1. The van der Waals surface area contributed by atoms with E-state index in [1.807, 2.05) is 0 Å². The van der Waals surface area contributed by atoms with Crippen molar-refractivity contribution in [3.05, 3.63) is 58.6 Å². The van der Waals surface area contributed by atoms with Crippen LogP contribution in [0.2, 0.25) is 5.02 Å². The number of fused-ring (bicyclic) bond motifs is 3. The molecule has 4 atom stereocenters. The summed E-state index contributed by atoms with van der Waals surface area (Å²) in [4.78, 5) is 12.0. The van der Waals surface area contributed by atoms with Crippen molar-refractivity contribution in [1.82, 2.24) is 5.32 Å². The summed E-state index contributed by atoms with van der Waals surface area (Å²) in [5.41, 5.74) is -0.425. The van der Waals surface area contributed by atoms with Gasteiger partial charge in [-0.2, -0.15) is 0 Å². The second-order valence-electron chi connectivity index (χ2n) is 9.73. The number of amides is 1. The van der Waals surface area contributed by atoms with E-state index in [0.717, 1.165) is 12.1 Å². The molecule has 1 amide bonds. The molecule has 3 heterocycles. The summed E-state index contributed by atoms with van der Waals surface area (Å²) in [6.07, 6.45) is -0.615. The predicted molar refractivity (Wildman–Crippen MR) is 134 cm³/mol. The molecular weight excluding hydrogens is 564 g/mol. The van der Waals surface area contributed by atoms with Crippen molar-refractivity contribution in [2.45, 2.75) is 46.7 Å². The van der Waals surface area contributed by atoms with Crippen LogP contribution in [0.1, 0.15) is 31.2 Å². The Morgan fingerprint density at radius 1 is 1.05 bits per heavy atom. The zero-order chi connectivity index (χ0) is 27.3. The molecule has 206 valence electrons. The molecule has 1 N–H and O–H groups in total. The Hall–Kier alpha value is -2.28. The number of nitrogens with one attached hydrogen (secondary N) is 1. The Labute approximate surface area is 224 Å². The number of sulfone groups is 2. The molecule has 5 rings (SSSR count). The van der Waals surface area contributed by atoms with Crippen LogP contribution in [-0.2, 0) is 34.0 Å². The first-order valence-electron chi connectivity index (χ1n) is 12.2. The summed E-state index contributed by atoms with van der Waals surface area (Å²) < 4.78 is 94.4. The molecule has 3 aliphatic heterocycles. The topological polar surface area (TPSA) is 116 Å². The number of rotatable bonds is 6. The molecule has 0 aromatic heterocycles. The van der Waals surface area contributed by atoms with Crippen LogP contribution in [0.3, 0.4) is 0 Å². The van der Waals surface area contributed by atoms with Gasteiger partial charge in [0, 0.05) is 24.1 Å². The van der Waals surface area contributed by atoms with E-state index in [0.29, 0.717) is 18.0 Å². The number of benzene rings is 2. The lowest BCUT2D eigenvalue weighted by atomic mass is 9.75. The van der Waals surface area contributed by atoms with Crippen LogP contribution < -0.4 is 10.1 Å². The number of piperidine rings is 1. The van der Waals surface area contributed by atoms with E-state index in [1.54, 1.807) is 0 Å². The van der Waals surface area contributed by atoms with Crippen molar-refractivity contribution in [2.75, 3.05) is 25.5 Å². The van der Waals surface area contributed by atoms with Crippen molar-refractivity contribution in [2.24, 2.45) is 5.92 Å². The van der Waals surface area contributed by atoms with E-state index in [1.165, 1.54) is 24.3 Å². The van der Waals surface area contributed by atoms with E-state index < -0.39 is 76.3 Å². The molecule has 38 heavy (non-hydrogen) atoms.